The Kier molecular flexibility index (Phi) is 6.89. The Morgan fingerprint density at radius 3 is 2.63 bits per heavy atom. The Bertz CT molecular complexity index is 1340. The molecule has 2 aliphatic rings. The second-order valence-corrected chi connectivity index (χ2v) is 10.2. The predicted molar refractivity (Wildman–Crippen MR) is 143 cm³/mol. The van der Waals surface area contributed by atoms with Gasteiger partial charge in [-0.05, 0) is 46.0 Å². The first-order chi connectivity index (χ1) is 18.1. The molecule has 12 heteroatoms. The molecule has 3 aromatic rings. The van der Waals surface area contributed by atoms with Crippen LogP contribution in [0, 0.1) is 5.82 Å². The molecule has 0 radical (unpaired) electrons. The number of anilines is 6. The first-order valence-electron chi connectivity index (χ1n) is 12.4. The molecular weight excluding hydrogens is 491 g/mol. The van der Waals surface area contributed by atoms with Crippen LogP contribution >= 0.6 is 0 Å². The third-order valence-electron chi connectivity index (χ3n) is 5.91. The summed E-state index contributed by atoms with van der Waals surface area (Å²) in [5, 5.41) is 8.66. The molecule has 200 valence electrons. The van der Waals surface area contributed by atoms with Gasteiger partial charge in [0.15, 0.2) is 29.8 Å². The van der Waals surface area contributed by atoms with Gasteiger partial charge in [-0.3, -0.25) is 4.79 Å². The van der Waals surface area contributed by atoms with Gasteiger partial charge in [0.05, 0.1) is 6.20 Å². The van der Waals surface area contributed by atoms with Gasteiger partial charge in [0.25, 0.3) is 5.91 Å². The van der Waals surface area contributed by atoms with Crippen LogP contribution in [0.5, 0.6) is 11.5 Å². The van der Waals surface area contributed by atoms with E-state index in [0.717, 1.165) is 38.1 Å². The number of nitrogens with zero attached hydrogens (tertiary/aromatic N) is 5. The number of carbonyl (C=O) groups excluding carboxylic acids is 1. The average molecular weight is 523 g/mol. The van der Waals surface area contributed by atoms with Crippen LogP contribution in [0.3, 0.4) is 0 Å². The van der Waals surface area contributed by atoms with Gasteiger partial charge >= 0.3 is 0 Å². The molecule has 1 amide bonds. The number of hydrogen-bond acceptors (Lipinski definition) is 10. The number of piperazine rings is 1. The number of hydrogen-bond donors (Lipinski definition) is 3. The molecule has 0 spiro atoms. The number of halogens is 1. The summed E-state index contributed by atoms with van der Waals surface area (Å²) in [5.74, 6) is 0.852. The van der Waals surface area contributed by atoms with Crippen molar-refractivity contribution < 1.29 is 18.7 Å². The molecule has 4 heterocycles. The molecule has 11 nitrogen and oxygen atoms in total. The Morgan fingerprint density at radius 2 is 1.87 bits per heavy atom. The van der Waals surface area contributed by atoms with Crippen LogP contribution in [0.1, 0.15) is 20.8 Å². The number of benzene rings is 1. The monoisotopic (exact) mass is 522 g/mol. The zero-order valence-electron chi connectivity index (χ0n) is 21.8. The standard InChI is InChI=1S/C26H31FN8O3/c1-26(2,3)38-18-12-16(11-17(13-18)35-9-7-34(4)8-10-35)29-25-28-14-19(27)23(33-25)30-21-6-5-20-24(31-21)32-22(36)15-37-20/h5-6,11-14H,7-10,15H2,1-4H3,(H3,28,29,30,31,32,33,36). The van der Waals surface area contributed by atoms with Gasteiger partial charge in [0.2, 0.25) is 5.95 Å². The zero-order valence-corrected chi connectivity index (χ0v) is 21.8. The van der Waals surface area contributed by atoms with E-state index in [-0.39, 0.29) is 41.5 Å². The third-order valence-corrected chi connectivity index (χ3v) is 5.91. The highest BCUT2D eigenvalue weighted by Gasteiger charge is 2.20. The second-order valence-electron chi connectivity index (χ2n) is 10.2. The fourth-order valence-electron chi connectivity index (χ4n) is 4.11. The summed E-state index contributed by atoms with van der Waals surface area (Å²) in [6.45, 7) is 9.65. The minimum atomic E-state index is -0.654. The summed E-state index contributed by atoms with van der Waals surface area (Å²) in [7, 11) is 2.12. The summed E-state index contributed by atoms with van der Waals surface area (Å²) in [6.07, 6.45) is 1.08. The van der Waals surface area contributed by atoms with Gasteiger partial charge < -0.3 is 35.2 Å². The van der Waals surface area contributed by atoms with Gasteiger partial charge in [-0.15, -0.1) is 0 Å². The van der Waals surface area contributed by atoms with Crippen molar-refractivity contribution in [3.63, 3.8) is 0 Å². The van der Waals surface area contributed by atoms with Crippen LogP contribution in [-0.4, -0.2) is 71.2 Å². The van der Waals surface area contributed by atoms with E-state index >= 15 is 0 Å². The molecule has 0 atom stereocenters. The van der Waals surface area contributed by atoms with E-state index in [0.29, 0.717) is 17.2 Å². The quantitative estimate of drug-likeness (QED) is 0.442. The number of likely N-dealkylation sites (N-methyl/N-ethyl adjacent to an activating group) is 1. The lowest BCUT2D eigenvalue weighted by atomic mass is 10.1. The maximum atomic E-state index is 14.6. The fourth-order valence-corrected chi connectivity index (χ4v) is 4.11. The number of rotatable bonds is 6. The minimum Gasteiger partial charge on any atom is -0.488 e. The Hall–Kier alpha value is -4.19. The van der Waals surface area contributed by atoms with E-state index in [2.05, 4.69) is 47.7 Å². The molecule has 38 heavy (non-hydrogen) atoms. The number of amides is 1. The number of ether oxygens (including phenoxy) is 2. The summed E-state index contributed by atoms with van der Waals surface area (Å²) >= 11 is 0. The van der Waals surface area contributed by atoms with E-state index in [4.69, 9.17) is 9.47 Å². The number of pyridine rings is 1. The molecule has 2 aromatic heterocycles. The summed E-state index contributed by atoms with van der Waals surface area (Å²) in [6, 6.07) is 9.17. The van der Waals surface area contributed by atoms with Crippen molar-refractivity contribution in [2.24, 2.45) is 0 Å². The van der Waals surface area contributed by atoms with Gasteiger partial charge in [0, 0.05) is 49.7 Å². The Morgan fingerprint density at radius 1 is 1.08 bits per heavy atom. The van der Waals surface area contributed by atoms with Crippen molar-refractivity contribution in [1.29, 1.82) is 0 Å². The molecule has 0 saturated carbocycles. The second kappa shape index (κ2) is 10.3. The molecular formula is C26H31FN8O3. The summed E-state index contributed by atoms with van der Waals surface area (Å²) < 4.78 is 26.1. The zero-order chi connectivity index (χ0) is 26.9. The van der Waals surface area contributed by atoms with E-state index < -0.39 is 5.82 Å². The molecule has 3 N–H and O–H groups in total. The van der Waals surface area contributed by atoms with Crippen molar-refractivity contribution >= 4 is 40.7 Å². The summed E-state index contributed by atoms with van der Waals surface area (Å²) in [5.41, 5.74) is 1.35. The van der Waals surface area contributed by atoms with Crippen molar-refractivity contribution in [3.05, 3.63) is 42.3 Å². The Labute approximate surface area is 220 Å². The van der Waals surface area contributed by atoms with Crippen LogP contribution in [0.25, 0.3) is 0 Å². The topological polar surface area (TPSA) is 117 Å². The van der Waals surface area contributed by atoms with E-state index in [9.17, 15) is 9.18 Å². The molecule has 5 rings (SSSR count). The number of aromatic nitrogens is 3. The Balaban J connectivity index is 1.39. The largest absolute Gasteiger partial charge is 0.488 e. The molecule has 2 aliphatic heterocycles. The lowest BCUT2D eigenvalue weighted by molar-refractivity contribution is -0.118. The van der Waals surface area contributed by atoms with E-state index in [1.807, 2.05) is 39.0 Å². The van der Waals surface area contributed by atoms with Gasteiger partial charge in [-0.25, -0.2) is 14.4 Å². The molecule has 1 aromatic carbocycles. The first kappa shape index (κ1) is 25.5. The molecule has 0 unspecified atom stereocenters. The van der Waals surface area contributed by atoms with Crippen LogP contribution in [-0.2, 0) is 4.79 Å². The normalized spacial score (nSPS) is 15.8. The maximum absolute atomic E-state index is 14.6. The predicted octanol–water partition coefficient (Wildman–Crippen LogP) is 3.76. The SMILES string of the molecule is CN1CCN(c2cc(Nc3ncc(F)c(Nc4ccc5c(n4)NC(=O)CO5)n3)cc(OC(C)(C)C)c2)CC1. The highest BCUT2D eigenvalue weighted by Crippen LogP contribution is 2.32. The first-order valence-corrected chi connectivity index (χ1v) is 12.4. The van der Waals surface area contributed by atoms with Gasteiger partial charge in [0.1, 0.15) is 17.2 Å². The molecule has 1 fully saturated rings. The number of nitrogens with one attached hydrogen (secondary N) is 3. The fraction of sp³-hybridized carbons (Fsp3) is 0.385. The third kappa shape index (κ3) is 6.20. The van der Waals surface area contributed by atoms with Crippen molar-refractivity contribution in [2.75, 3.05) is 60.7 Å². The van der Waals surface area contributed by atoms with Crippen LogP contribution in [0.4, 0.5) is 39.2 Å². The van der Waals surface area contributed by atoms with E-state index in [1.165, 1.54) is 0 Å². The van der Waals surface area contributed by atoms with Gasteiger partial charge in [-0.2, -0.15) is 4.98 Å². The van der Waals surface area contributed by atoms with Gasteiger partial charge in [-0.1, -0.05) is 0 Å². The van der Waals surface area contributed by atoms with Crippen molar-refractivity contribution in [1.82, 2.24) is 19.9 Å². The highest BCUT2D eigenvalue weighted by molar-refractivity contribution is 5.94. The van der Waals surface area contributed by atoms with Crippen molar-refractivity contribution in [3.8, 4) is 11.5 Å². The minimum absolute atomic E-state index is 0.0700. The summed E-state index contributed by atoms with van der Waals surface area (Å²) in [4.78, 5) is 28.9. The highest BCUT2D eigenvalue weighted by atomic mass is 19.1. The maximum Gasteiger partial charge on any atom is 0.263 e. The lowest BCUT2D eigenvalue weighted by Gasteiger charge is -2.34. The van der Waals surface area contributed by atoms with Crippen molar-refractivity contribution in [2.45, 2.75) is 26.4 Å². The van der Waals surface area contributed by atoms with Crippen LogP contribution < -0.4 is 30.3 Å². The average Bonchev–Trinajstić information content (AvgIpc) is 2.85. The number of carbonyl (C=O) groups is 1. The van der Waals surface area contributed by atoms with Crippen LogP contribution in [0.15, 0.2) is 36.5 Å². The van der Waals surface area contributed by atoms with Crippen LogP contribution in [0.2, 0.25) is 0 Å². The molecule has 0 bridgehead atoms. The molecule has 1 saturated heterocycles. The smallest absolute Gasteiger partial charge is 0.263 e. The number of fused-ring (bicyclic) bond motifs is 1. The lowest BCUT2D eigenvalue weighted by Crippen LogP contribution is -2.44. The van der Waals surface area contributed by atoms with E-state index in [1.54, 1.807) is 12.1 Å². The molecule has 0 aliphatic carbocycles.